The lowest BCUT2D eigenvalue weighted by Gasteiger charge is -2.04. The van der Waals surface area contributed by atoms with Gasteiger partial charge in [-0.2, -0.15) is 5.26 Å². The van der Waals surface area contributed by atoms with Gasteiger partial charge in [0, 0.05) is 12.3 Å². The first-order chi connectivity index (χ1) is 8.61. The van der Waals surface area contributed by atoms with E-state index in [9.17, 15) is 9.18 Å². The molecular formula is C11H5BrFN3OS. The number of rotatable bonds is 2. The molecule has 18 heavy (non-hydrogen) atoms. The van der Waals surface area contributed by atoms with Gasteiger partial charge in [0.05, 0.1) is 14.9 Å². The van der Waals surface area contributed by atoms with Crippen molar-refractivity contribution in [1.82, 2.24) is 9.97 Å². The molecule has 2 rings (SSSR count). The van der Waals surface area contributed by atoms with Crippen molar-refractivity contribution in [2.45, 2.75) is 10.1 Å². The van der Waals surface area contributed by atoms with Crippen molar-refractivity contribution < 1.29 is 4.39 Å². The summed E-state index contributed by atoms with van der Waals surface area (Å²) in [4.78, 5) is 17.7. The van der Waals surface area contributed by atoms with E-state index in [0.29, 0.717) is 0 Å². The highest BCUT2D eigenvalue weighted by Gasteiger charge is 2.12. The van der Waals surface area contributed by atoms with E-state index in [2.05, 4.69) is 25.9 Å². The quantitative estimate of drug-likeness (QED) is 0.862. The molecule has 0 aliphatic rings. The van der Waals surface area contributed by atoms with Crippen molar-refractivity contribution >= 4 is 27.7 Å². The van der Waals surface area contributed by atoms with Crippen molar-refractivity contribution in [3.05, 3.63) is 50.6 Å². The standard InChI is InChI=1S/C11H5BrFN3OS/c12-9-6(5-14)1-2-7(10(9)13)18-11-15-4-3-8(17)16-11/h1-4H,(H,15,16,17). The minimum Gasteiger partial charge on any atom is -0.301 e. The summed E-state index contributed by atoms with van der Waals surface area (Å²) in [6, 6.07) is 6.10. The lowest BCUT2D eigenvalue weighted by atomic mass is 10.2. The van der Waals surface area contributed by atoms with Crippen molar-refractivity contribution in [1.29, 1.82) is 5.26 Å². The van der Waals surface area contributed by atoms with Crippen LogP contribution < -0.4 is 5.56 Å². The molecule has 2 aromatic rings. The average molecular weight is 326 g/mol. The van der Waals surface area contributed by atoms with Gasteiger partial charge in [0.2, 0.25) is 0 Å². The molecule has 1 aromatic carbocycles. The second kappa shape index (κ2) is 5.33. The van der Waals surface area contributed by atoms with Crippen LogP contribution in [0.25, 0.3) is 0 Å². The van der Waals surface area contributed by atoms with Gasteiger partial charge in [-0.3, -0.25) is 4.79 Å². The number of aromatic nitrogens is 2. The van der Waals surface area contributed by atoms with Crippen LogP contribution in [0.15, 0.2) is 43.7 Å². The molecule has 90 valence electrons. The maximum Gasteiger partial charge on any atom is 0.251 e. The van der Waals surface area contributed by atoms with E-state index in [1.165, 1.54) is 24.4 Å². The summed E-state index contributed by atoms with van der Waals surface area (Å²) in [7, 11) is 0. The molecule has 4 nitrogen and oxygen atoms in total. The Kier molecular flexibility index (Phi) is 3.79. The van der Waals surface area contributed by atoms with E-state index < -0.39 is 5.82 Å². The summed E-state index contributed by atoms with van der Waals surface area (Å²) in [6.07, 6.45) is 1.35. The van der Waals surface area contributed by atoms with E-state index in [1.807, 2.05) is 6.07 Å². The molecule has 0 aliphatic heterocycles. The maximum absolute atomic E-state index is 13.9. The van der Waals surface area contributed by atoms with Crippen LogP contribution in [0.5, 0.6) is 0 Å². The Balaban J connectivity index is 2.39. The lowest BCUT2D eigenvalue weighted by molar-refractivity contribution is 0.594. The molecule has 0 saturated heterocycles. The first-order valence-corrected chi connectivity index (χ1v) is 6.34. The van der Waals surface area contributed by atoms with Gasteiger partial charge in [-0.25, -0.2) is 9.37 Å². The third-order valence-electron chi connectivity index (χ3n) is 2.02. The van der Waals surface area contributed by atoms with Gasteiger partial charge in [-0.1, -0.05) is 0 Å². The number of nitrogens with one attached hydrogen (secondary N) is 1. The van der Waals surface area contributed by atoms with E-state index in [1.54, 1.807) is 0 Å². The smallest absolute Gasteiger partial charge is 0.251 e. The average Bonchev–Trinajstić information content (AvgIpc) is 2.35. The molecule has 0 fully saturated rings. The molecular weight excluding hydrogens is 321 g/mol. The van der Waals surface area contributed by atoms with Crippen LogP contribution in [-0.4, -0.2) is 9.97 Å². The van der Waals surface area contributed by atoms with Gasteiger partial charge in [0.25, 0.3) is 5.56 Å². The third kappa shape index (κ3) is 2.60. The fraction of sp³-hybridized carbons (Fsp3) is 0. The highest BCUT2D eigenvalue weighted by molar-refractivity contribution is 9.10. The lowest BCUT2D eigenvalue weighted by Crippen LogP contribution is -2.05. The second-order valence-electron chi connectivity index (χ2n) is 3.19. The normalized spacial score (nSPS) is 10.1. The zero-order valence-electron chi connectivity index (χ0n) is 8.78. The SMILES string of the molecule is N#Cc1ccc(Sc2nccc(=O)[nH]2)c(F)c1Br. The van der Waals surface area contributed by atoms with Crippen LogP contribution >= 0.6 is 27.7 Å². The summed E-state index contributed by atoms with van der Waals surface area (Å²) in [5, 5.41) is 9.04. The first kappa shape index (κ1) is 12.8. The number of hydrogen-bond acceptors (Lipinski definition) is 4. The van der Waals surface area contributed by atoms with Crippen LogP contribution in [0, 0.1) is 17.1 Å². The molecule has 0 spiro atoms. The number of aromatic amines is 1. The minimum absolute atomic E-state index is 0.105. The van der Waals surface area contributed by atoms with Crippen LogP contribution in [0.2, 0.25) is 0 Å². The van der Waals surface area contributed by atoms with Gasteiger partial charge in [-0.15, -0.1) is 0 Å². The second-order valence-corrected chi connectivity index (χ2v) is 5.02. The predicted octanol–water partition coefficient (Wildman–Crippen LogP) is 2.69. The Morgan fingerprint density at radius 2 is 2.22 bits per heavy atom. The Hall–Kier alpha value is -1.65. The molecule has 0 aliphatic carbocycles. The number of H-pyrrole nitrogens is 1. The zero-order valence-corrected chi connectivity index (χ0v) is 11.2. The summed E-state index contributed by atoms with van der Waals surface area (Å²) in [6.45, 7) is 0. The summed E-state index contributed by atoms with van der Waals surface area (Å²) in [5.74, 6) is -0.550. The van der Waals surface area contributed by atoms with E-state index in [4.69, 9.17) is 5.26 Å². The predicted molar refractivity (Wildman–Crippen MR) is 67.8 cm³/mol. The van der Waals surface area contributed by atoms with Crippen LogP contribution in [0.1, 0.15) is 5.56 Å². The zero-order chi connectivity index (χ0) is 13.1. The number of nitrogens with zero attached hydrogens (tertiary/aromatic N) is 2. The van der Waals surface area contributed by atoms with Crippen molar-refractivity contribution in [3.63, 3.8) is 0 Å². The molecule has 7 heteroatoms. The third-order valence-corrected chi connectivity index (χ3v) is 3.73. The van der Waals surface area contributed by atoms with Crippen molar-refractivity contribution in [2.75, 3.05) is 0 Å². The van der Waals surface area contributed by atoms with Gasteiger partial charge in [0.15, 0.2) is 11.0 Å². The van der Waals surface area contributed by atoms with Gasteiger partial charge in [0.1, 0.15) is 6.07 Å². The first-order valence-electron chi connectivity index (χ1n) is 4.73. The molecule has 0 bridgehead atoms. The number of benzene rings is 1. The Bertz CT molecular complexity index is 695. The summed E-state index contributed by atoms with van der Waals surface area (Å²) in [5.41, 5.74) is -0.0908. The molecule has 1 heterocycles. The van der Waals surface area contributed by atoms with Crippen molar-refractivity contribution in [2.24, 2.45) is 0 Å². The highest BCUT2D eigenvalue weighted by Crippen LogP contribution is 2.32. The molecule has 0 unspecified atom stereocenters. The number of halogens is 2. The molecule has 1 aromatic heterocycles. The Morgan fingerprint density at radius 3 is 2.89 bits per heavy atom. The Labute approximate surface area is 114 Å². The van der Waals surface area contributed by atoms with E-state index in [-0.39, 0.29) is 25.6 Å². The molecule has 0 saturated carbocycles. The highest BCUT2D eigenvalue weighted by atomic mass is 79.9. The van der Waals surface area contributed by atoms with Crippen LogP contribution in [-0.2, 0) is 0 Å². The fourth-order valence-electron chi connectivity index (χ4n) is 1.20. The fourth-order valence-corrected chi connectivity index (χ4v) is 2.57. The Morgan fingerprint density at radius 1 is 1.44 bits per heavy atom. The van der Waals surface area contributed by atoms with Gasteiger partial charge >= 0.3 is 0 Å². The maximum atomic E-state index is 13.9. The van der Waals surface area contributed by atoms with Gasteiger partial charge in [-0.05, 0) is 39.8 Å². The van der Waals surface area contributed by atoms with Crippen LogP contribution in [0.4, 0.5) is 4.39 Å². The van der Waals surface area contributed by atoms with E-state index in [0.717, 1.165) is 11.8 Å². The largest absolute Gasteiger partial charge is 0.301 e. The van der Waals surface area contributed by atoms with Crippen LogP contribution in [0.3, 0.4) is 0 Å². The van der Waals surface area contributed by atoms with E-state index >= 15 is 0 Å². The van der Waals surface area contributed by atoms with Crippen molar-refractivity contribution in [3.8, 4) is 6.07 Å². The topological polar surface area (TPSA) is 69.5 Å². The molecule has 0 amide bonds. The monoisotopic (exact) mass is 325 g/mol. The molecule has 0 atom stereocenters. The molecule has 0 radical (unpaired) electrons. The number of hydrogen-bond donors (Lipinski definition) is 1. The minimum atomic E-state index is -0.550. The summed E-state index contributed by atoms with van der Waals surface area (Å²) < 4.78 is 14.0. The molecule has 1 N–H and O–H groups in total. The van der Waals surface area contributed by atoms with Gasteiger partial charge < -0.3 is 4.98 Å². The number of nitriles is 1. The summed E-state index contributed by atoms with van der Waals surface area (Å²) >= 11 is 4.00.